The Kier molecular flexibility index (Phi) is 7.22. The number of nitrogens with one attached hydrogen (secondary N) is 1. The van der Waals surface area contributed by atoms with E-state index < -0.39 is 23.8 Å². The van der Waals surface area contributed by atoms with Gasteiger partial charge in [0.2, 0.25) is 5.91 Å². The van der Waals surface area contributed by atoms with E-state index in [9.17, 15) is 27.9 Å². The van der Waals surface area contributed by atoms with Crippen LogP contribution in [-0.4, -0.2) is 53.0 Å². The fraction of sp³-hybridized carbons (Fsp3) is 0.240. The van der Waals surface area contributed by atoms with Gasteiger partial charge in [0.05, 0.1) is 23.9 Å². The molecule has 0 aliphatic carbocycles. The van der Waals surface area contributed by atoms with Crippen LogP contribution in [0.1, 0.15) is 27.7 Å². The molecule has 36 heavy (non-hydrogen) atoms. The summed E-state index contributed by atoms with van der Waals surface area (Å²) in [7, 11) is 0. The third-order valence-electron chi connectivity index (χ3n) is 5.62. The molecule has 11 heteroatoms. The summed E-state index contributed by atoms with van der Waals surface area (Å²) in [4.78, 5) is 28.9. The van der Waals surface area contributed by atoms with Gasteiger partial charge in [-0.15, -0.1) is 0 Å². The van der Waals surface area contributed by atoms with Crippen LogP contribution in [0.25, 0.3) is 11.3 Å². The van der Waals surface area contributed by atoms with Crippen LogP contribution in [-0.2, 0) is 11.0 Å². The Hall–Kier alpha value is -3.96. The van der Waals surface area contributed by atoms with Gasteiger partial charge in [0.15, 0.2) is 0 Å². The van der Waals surface area contributed by atoms with Gasteiger partial charge in [-0.25, -0.2) is 4.98 Å². The number of carbonyl (C=O) groups is 2. The van der Waals surface area contributed by atoms with E-state index >= 15 is 0 Å². The highest BCUT2D eigenvalue weighted by Gasteiger charge is 2.32. The van der Waals surface area contributed by atoms with E-state index in [0.717, 1.165) is 18.2 Å². The molecule has 4 N–H and O–H groups in total. The van der Waals surface area contributed by atoms with E-state index in [2.05, 4.69) is 10.3 Å². The Morgan fingerprint density at radius 3 is 2.58 bits per heavy atom. The Labute approximate surface area is 204 Å². The molecule has 188 valence electrons. The van der Waals surface area contributed by atoms with Crippen molar-refractivity contribution >= 4 is 11.8 Å². The molecular weight excluding hydrogens is 477 g/mol. The largest absolute Gasteiger partial charge is 0.457 e. The van der Waals surface area contributed by atoms with Crippen LogP contribution in [0.4, 0.5) is 13.2 Å². The van der Waals surface area contributed by atoms with E-state index in [-0.39, 0.29) is 36.0 Å². The molecule has 1 fully saturated rings. The smallest absolute Gasteiger partial charge is 0.416 e. The predicted molar refractivity (Wildman–Crippen MR) is 124 cm³/mol. The van der Waals surface area contributed by atoms with Crippen molar-refractivity contribution in [2.45, 2.75) is 12.3 Å². The van der Waals surface area contributed by atoms with E-state index in [0.29, 0.717) is 30.1 Å². The Morgan fingerprint density at radius 1 is 1.17 bits per heavy atom. The third kappa shape index (κ3) is 5.99. The molecule has 1 atom stereocenters. The number of nitrogens with zero attached hydrogens (tertiary/aromatic N) is 2. The average Bonchev–Trinajstić information content (AvgIpc) is 2.84. The minimum Gasteiger partial charge on any atom is -0.457 e. The Morgan fingerprint density at radius 2 is 1.92 bits per heavy atom. The summed E-state index contributed by atoms with van der Waals surface area (Å²) in [6.45, 7) is 0.857. The predicted octanol–water partition coefficient (Wildman–Crippen LogP) is 3.12. The van der Waals surface area contributed by atoms with Crippen molar-refractivity contribution in [1.82, 2.24) is 15.2 Å². The third-order valence-corrected chi connectivity index (χ3v) is 5.62. The minimum atomic E-state index is -4.61. The first kappa shape index (κ1) is 25.1. The molecule has 2 heterocycles. The molecule has 0 spiro atoms. The number of halogens is 3. The number of alkyl halides is 3. The number of rotatable bonds is 7. The van der Waals surface area contributed by atoms with Crippen molar-refractivity contribution < 1.29 is 32.6 Å². The number of hydrogen-bond donors (Lipinski definition) is 3. The second kappa shape index (κ2) is 10.3. The highest BCUT2D eigenvalue weighted by atomic mass is 19.4. The van der Waals surface area contributed by atoms with Crippen LogP contribution >= 0.6 is 0 Å². The molecule has 1 unspecified atom stereocenters. The van der Waals surface area contributed by atoms with Crippen LogP contribution in [0.5, 0.6) is 11.5 Å². The monoisotopic (exact) mass is 500 g/mol. The van der Waals surface area contributed by atoms with E-state index in [1.807, 2.05) is 0 Å². The molecule has 1 aromatic heterocycles. The lowest BCUT2D eigenvalue weighted by atomic mass is 10.0. The summed E-state index contributed by atoms with van der Waals surface area (Å²) in [5.41, 5.74) is 5.60. The molecule has 0 bridgehead atoms. The molecule has 1 saturated heterocycles. The Bertz CT molecular complexity index is 1260. The molecule has 1 aliphatic heterocycles. The summed E-state index contributed by atoms with van der Waals surface area (Å²) in [6, 6.07) is 14.3. The first-order chi connectivity index (χ1) is 17.1. The zero-order valence-electron chi connectivity index (χ0n) is 19.0. The molecule has 1 aliphatic rings. The SMILES string of the molecule is NC(=O)c1cccc(-c2ccc(Oc3ccc(C(F)(F)F)cc3C(O)CN3CCNC(=O)C3)cc2)n1. The second-order valence-electron chi connectivity index (χ2n) is 8.25. The van der Waals surface area contributed by atoms with Crippen molar-refractivity contribution in [2.24, 2.45) is 5.73 Å². The highest BCUT2D eigenvalue weighted by Crippen LogP contribution is 2.37. The van der Waals surface area contributed by atoms with E-state index in [1.54, 1.807) is 41.3 Å². The van der Waals surface area contributed by atoms with Gasteiger partial charge in [-0.1, -0.05) is 6.07 Å². The zero-order chi connectivity index (χ0) is 25.9. The van der Waals surface area contributed by atoms with Gasteiger partial charge < -0.3 is 20.9 Å². The first-order valence-corrected chi connectivity index (χ1v) is 11.0. The van der Waals surface area contributed by atoms with Gasteiger partial charge in [0.1, 0.15) is 17.2 Å². The molecule has 2 amide bonds. The van der Waals surface area contributed by atoms with Gasteiger partial charge in [-0.05, 0) is 54.6 Å². The van der Waals surface area contributed by atoms with E-state index in [1.165, 1.54) is 6.07 Å². The lowest BCUT2D eigenvalue weighted by Gasteiger charge is -2.29. The number of β-amino-alcohol motifs (C(OH)–C–C–N with tert-alkyl or cyclic N) is 1. The number of aliphatic hydroxyl groups is 1. The summed E-state index contributed by atoms with van der Waals surface area (Å²) in [5.74, 6) is -0.505. The van der Waals surface area contributed by atoms with Crippen molar-refractivity contribution in [3.05, 3.63) is 77.5 Å². The van der Waals surface area contributed by atoms with Gasteiger partial charge in [0, 0.05) is 30.8 Å². The number of hydrogen-bond acceptors (Lipinski definition) is 6. The molecular formula is C25H23F3N4O4. The minimum absolute atomic E-state index is 0.0358. The average molecular weight is 500 g/mol. The van der Waals surface area contributed by atoms with Crippen LogP contribution < -0.4 is 15.8 Å². The van der Waals surface area contributed by atoms with Crippen molar-refractivity contribution in [3.63, 3.8) is 0 Å². The van der Waals surface area contributed by atoms with Crippen LogP contribution in [0.15, 0.2) is 60.7 Å². The molecule has 0 radical (unpaired) electrons. The molecule has 2 aromatic carbocycles. The van der Waals surface area contributed by atoms with Gasteiger partial charge in [-0.2, -0.15) is 13.2 Å². The number of pyridine rings is 1. The number of ether oxygens (including phenoxy) is 1. The summed E-state index contributed by atoms with van der Waals surface area (Å²) in [6.07, 6.45) is -5.93. The van der Waals surface area contributed by atoms with E-state index in [4.69, 9.17) is 10.5 Å². The number of piperazine rings is 1. The summed E-state index contributed by atoms with van der Waals surface area (Å²) in [5, 5.41) is 13.5. The van der Waals surface area contributed by atoms with Crippen molar-refractivity contribution in [2.75, 3.05) is 26.2 Å². The van der Waals surface area contributed by atoms with Crippen LogP contribution in [0, 0.1) is 0 Å². The fourth-order valence-electron chi connectivity index (χ4n) is 3.82. The summed E-state index contributed by atoms with van der Waals surface area (Å²) >= 11 is 0. The maximum atomic E-state index is 13.4. The van der Waals surface area contributed by atoms with Crippen molar-refractivity contribution in [3.8, 4) is 22.8 Å². The van der Waals surface area contributed by atoms with Gasteiger partial charge in [0.25, 0.3) is 5.91 Å². The number of amides is 2. The second-order valence-corrected chi connectivity index (χ2v) is 8.25. The normalized spacial score (nSPS) is 15.3. The molecule has 3 aromatic rings. The molecule has 4 rings (SSSR count). The van der Waals surface area contributed by atoms with Crippen LogP contribution in [0.2, 0.25) is 0 Å². The topological polar surface area (TPSA) is 118 Å². The maximum Gasteiger partial charge on any atom is 0.416 e. The standard InChI is InChI=1S/C25H23F3N4O4/c26-25(27,28)16-6-9-22(18(12-16)21(33)13-32-11-10-30-23(34)14-32)36-17-7-4-15(5-8-17)19-2-1-3-20(31-19)24(29)35/h1-9,12,21,33H,10-11,13-14H2,(H2,29,35)(H,30,34). The number of carbonyl (C=O) groups excluding carboxylic acids is 2. The first-order valence-electron chi connectivity index (χ1n) is 11.0. The number of aliphatic hydroxyl groups excluding tert-OH is 1. The van der Waals surface area contributed by atoms with Gasteiger partial charge >= 0.3 is 6.18 Å². The van der Waals surface area contributed by atoms with Crippen molar-refractivity contribution in [1.29, 1.82) is 0 Å². The molecule has 0 saturated carbocycles. The lowest BCUT2D eigenvalue weighted by Crippen LogP contribution is -2.48. The van der Waals surface area contributed by atoms with Gasteiger partial charge in [-0.3, -0.25) is 14.5 Å². The fourth-order valence-corrected chi connectivity index (χ4v) is 3.82. The number of nitrogens with two attached hydrogens (primary N) is 1. The molecule has 8 nitrogen and oxygen atoms in total. The van der Waals surface area contributed by atoms with Crippen LogP contribution in [0.3, 0.4) is 0 Å². The quantitative estimate of drug-likeness (QED) is 0.459. The zero-order valence-corrected chi connectivity index (χ0v) is 19.0. The number of primary amides is 1. The highest BCUT2D eigenvalue weighted by molar-refractivity contribution is 5.91. The number of aromatic nitrogens is 1. The number of benzene rings is 2. The summed E-state index contributed by atoms with van der Waals surface area (Å²) < 4.78 is 45.9. The maximum absolute atomic E-state index is 13.4. The lowest BCUT2D eigenvalue weighted by molar-refractivity contribution is -0.137. The Balaban J connectivity index is 1.58.